The van der Waals surface area contributed by atoms with Crippen molar-refractivity contribution in [2.24, 2.45) is 11.8 Å². The number of fused-ring (bicyclic) bond motifs is 2. The summed E-state index contributed by atoms with van der Waals surface area (Å²) in [5, 5.41) is 2.18. The Morgan fingerprint density at radius 3 is 2.36 bits per heavy atom. The zero-order chi connectivity index (χ0) is 15.7. The minimum atomic E-state index is -4.26. The molecule has 3 aliphatic rings. The molecule has 3 unspecified atom stereocenters. The highest BCUT2D eigenvalue weighted by molar-refractivity contribution is 5.78. The van der Waals surface area contributed by atoms with Crippen molar-refractivity contribution in [3.63, 3.8) is 0 Å². The maximum Gasteiger partial charge on any atom is 0.401 e. The van der Waals surface area contributed by atoms with E-state index in [0.29, 0.717) is 19.1 Å². The summed E-state index contributed by atoms with van der Waals surface area (Å²) in [6.45, 7) is 1.66. The molecule has 2 aliphatic carbocycles. The molecule has 7 heteroatoms. The van der Waals surface area contributed by atoms with Gasteiger partial charge >= 0.3 is 6.18 Å². The second-order valence-electron chi connectivity index (χ2n) is 6.88. The van der Waals surface area contributed by atoms with Crippen LogP contribution in [0.4, 0.5) is 13.2 Å². The monoisotopic (exact) mass is 319 g/mol. The topological polar surface area (TPSA) is 35.6 Å². The summed E-state index contributed by atoms with van der Waals surface area (Å²) in [6.07, 6.45) is 1.12. The molecule has 3 atom stereocenters. The molecule has 0 spiro atoms. The van der Waals surface area contributed by atoms with E-state index in [1.807, 2.05) is 0 Å². The van der Waals surface area contributed by atoms with Crippen LogP contribution < -0.4 is 5.32 Å². The van der Waals surface area contributed by atoms with Crippen molar-refractivity contribution >= 4 is 5.91 Å². The molecular weight excluding hydrogens is 295 g/mol. The van der Waals surface area contributed by atoms with Crippen LogP contribution in [-0.2, 0) is 4.79 Å². The average Bonchev–Trinajstić information content (AvgIpc) is 3.08. The van der Waals surface area contributed by atoms with Crippen LogP contribution in [0.5, 0.6) is 0 Å². The Kier molecular flexibility index (Phi) is 4.64. The maximum absolute atomic E-state index is 12.1. The Bertz CT molecular complexity index is 407. The lowest BCUT2D eigenvalue weighted by atomic mass is 9.93. The van der Waals surface area contributed by atoms with Gasteiger partial charge in [0.15, 0.2) is 0 Å². The smallest absolute Gasteiger partial charge is 0.339 e. The number of halogens is 3. The number of nitrogens with one attached hydrogen (secondary N) is 1. The van der Waals surface area contributed by atoms with E-state index in [0.717, 1.165) is 24.9 Å². The molecule has 1 N–H and O–H groups in total. The van der Waals surface area contributed by atoms with E-state index in [1.54, 1.807) is 4.90 Å². The van der Waals surface area contributed by atoms with Crippen LogP contribution in [0, 0.1) is 11.8 Å². The van der Waals surface area contributed by atoms with Crippen molar-refractivity contribution < 1.29 is 18.0 Å². The van der Waals surface area contributed by atoms with Gasteiger partial charge in [-0.3, -0.25) is 9.69 Å². The molecule has 0 aromatic rings. The highest BCUT2D eigenvalue weighted by Crippen LogP contribution is 2.46. The van der Waals surface area contributed by atoms with E-state index in [1.165, 1.54) is 25.7 Å². The number of piperazine rings is 1. The number of hydrogen-bond donors (Lipinski definition) is 1. The minimum absolute atomic E-state index is 0.225. The quantitative estimate of drug-likeness (QED) is 0.852. The number of carbonyl (C=O) groups excluding carboxylic acids is 1. The molecule has 4 nitrogen and oxygen atoms in total. The first-order valence-electron chi connectivity index (χ1n) is 8.21. The van der Waals surface area contributed by atoms with Gasteiger partial charge in [0.1, 0.15) is 0 Å². The van der Waals surface area contributed by atoms with Gasteiger partial charge in [0.05, 0.1) is 13.1 Å². The minimum Gasteiger partial charge on any atom is -0.339 e. The predicted molar refractivity (Wildman–Crippen MR) is 76.3 cm³/mol. The summed E-state index contributed by atoms with van der Waals surface area (Å²) in [5.41, 5.74) is 0. The van der Waals surface area contributed by atoms with E-state index in [9.17, 15) is 18.0 Å². The van der Waals surface area contributed by atoms with Crippen LogP contribution in [0.15, 0.2) is 0 Å². The number of rotatable bonds is 4. The number of hydrogen-bond acceptors (Lipinski definition) is 3. The standard InChI is InChI=1S/C15H24F3N3O/c16-15(17,18)10-19-9-14(22)21-5-3-20(4-6-21)13-8-11-1-2-12(13)7-11/h11-13,19H,1-10H2. The third kappa shape index (κ3) is 3.74. The fraction of sp³-hybridized carbons (Fsp3) is 0.933. The van der Waals surface area contributed by atoms with E-state index in [-0.39, 0.29) is 12.5 Å². The van der Waals surface area contributed by atoms with Crippen LogP contribution in [0.2, 0.25) is 0 Å². The molecule has 0 aromatic heterocycles. The van der Waals surface area contributed by atoms with Gasteiger partial charge in [0, 0.05) is 32.2 Å². The average molecular weight is 319 g/mol. The van der Waals surface area contributed by atoms with E-state index in [2.05, 4.69) is 10.2 Å². The Balaban J connectivity index is 1.39. The molecule has 2 saturated carbocycles. The van der Waals surface area contributed by atoms with Gasteiger partial charge in [-0.1, -0.05) is 6.42 Å². The van der Waals surface area contributed by atoms with Crippen LogP contribution >= 0.6 is 0 Å². The van der Waals surface area contributed by atoms with Gasteiger partial charge in [-0.25, -0.2) is 0 Å². The molecule has 22 heavy (non-hydrogen) atoms. The lowest BCUT2D eigenvalue weighted by Gasteiger charge is -2.41. The Morgan fingerprint density at radius 2 is 1.82 bits per heavy atom. The second-order valence-corrected chi connectivity index (χ2v) is 6.88. The molecule has 3 fully saturated rings. The number of alkyl halides is 3. The lowest BCUT2D eigenvalue weighted by molar-refractivity contribution is -0.136. The zero-order valence-corrected chi connectivity index (χ0v) is 12.7. The third-order valence-electron chi connectivity index (χ3n) is 5.44. The van der Waals surface area contributed by atoms with E-state index >= 15 is 0 Å². The Morgan fingerprint density at radius 1 is 1.09 bits per heavy atom. The molecule has 126 valence electrons. The van der Waals surface area contributed by atoms with Crippen LogP contribution in [-0.4, -0.2) is 67.2 Å². The molecule has 1 saturated heterocycles. The van der Waals surface area contributed by atoms with Gasteiger partial charge in [-0.15, -0.1) is 0 Å². The summed E-state index contributed by atoms with van der Waals surface area (Å²) in [4.78, 5) is 16.1. The summed E-state index contributed by atoms with van der Waals surface area (Å²) < 4.78 is 36.2. The highest BCUT2D eigenvalue weighted by atomic mass is 19.4. The van der Waals surface area contributed by atoms with Crippen molar-refractivity contribution in [2.75, 3.05) is 39.3 Å². The SMILES string of the molecule is O=C(CNCC(F)(F)F)N1CCN(C2CC3CCC2C3)CC1. The van der Waals surface area contributed by atoms with Gasteiger partial charge in [0.2, 0.25) is 5.91 Å². The molecule has 1 amide bonds. The van der Waals surface area contributed by atoms with E-state index < -0.39 is 12.7 Å². The van der Waals surface area contributed by atoms with Crippen molar-refractivity contribution in [3.05, 3.63) is 0 Å². The normalized spacial score (nSPS) is 32.7. The number of nitrogens with zero attached hydrogens (tertiary/aromatic N) is 2. The van der Waals surface area contributed by atoms with Crippen molar-refractivity contribution in [3.8, 4) is 0 Å². The fourth-order valence-electron chi connectivity index (χ4n) is 4.38. The lowest BCUT2D eigenvalue weighted by Crippen LogP contribution is -2.54. The van der Waals surface area contributed by atoms with Crippen LogP contribution in [0.1, 0.15) is 25.7 Å². The first-order valence-corrected chi connectivity index (χ1v) is 8.21. The van der Waals surface area contributed by atoms with Gasteiger partial charge in [0.25, 0.3) is 0 Å². The fourth-order valence-corrected chi connectivity index (χ4v) is 4.38. The largest absolute Gasteiger partial charge is 0.401 e. The van der Waals surface area contributed by atoms with Gasteiger partial charge in [-0.2, -0.15) is 13.2 Å². The van der Waals surface area contributed by atoms with Crippen LogP contribution in [0.3, 0.4) is 0 Å². The van der Waals surface area contributed by atoms with E-state index in [4.69, 9.17) is 0 Å². The zero-order valence-electron chi connectivity index (χ0n) is 12.7. The van der Waals surface area contributed by atoms with Crippen molar-refractivity contribution in [1.82, 2.24) is 15.1 Å². The first kappa shape index (κ1) is 16.1. The Hall–Kier alpha value is -0.820. The maximum atomic E-state index is 12.1. The molecule has 2 bridgehead atoms. The van der Waals surface area contributed by atoms with Crippen molar-refractivity contribution in [1.29, 1.82) is 0 Å². The highest BCUT2D eigenvalue weighted by Gasteiger charge is 2.42. The number of amides is 1. The summed E-state index contributed by atoms with van der Waals surface area (Å²) >= 11 is 0. The molecular formula is C15H24F3N3O. The molecule has 1 aliphatic heterocycles. The summed E-state index contributed by atoms with van der Waals surface area (Å²) in [6, 6.07) is 0.680. The van der Waals surface area contributed by atoms with Gasteiger partial charge in [-0.05, 0) is 31.1 Å². The molecule has 3 rings (SSSR count). The number of carbonyl (C=O) groups is 1. The van der Waals surface area contributed by atoms with Crippen molar-refractivity contribution in [2.45, 2.75) is 37.9 Å². The third-order valence-corrected chi connectivity index (χ3v) is 5.44. The van der Waals surface area contributed by atoms with Crippen LogP contribution in [0.25, 0.3) is 0 Å². The summed E-state index contributed by atoms with van der Waals surface area (Å²) in [5.74, 6) is 1.51. The molecule has 0 radical (unpaired) electrons. The Labute approximate surface area is 129 Å². The second kappa shape index (κ2) is 6.35. The molecule has 1 heterocycles. The predicted octanol–water partition coefficient (Wildman–Crippen LogP) is 1.47. The summed E-state index contributed by atoms with van der Waals surface area (Å²) in [7, 11) is 0. The molecule has 0 aromatic carbocycles. The first-order chi connectivity index (χ1) is 10.4. The van der Waals surface area contributed by atoms with Gasteiger partial charge < -0.3 is 10.2 Å².